The van der Waals surface area contributed by atoms with Crippen molar-refractivity contribution in [1.82, 2.24) is 15.3 Å². The molecule has 2 heterocycles. The van der Waals surface area contributed by atoms with E-state index in [1.54, 1.807) is 0 Å². The van der Waals surface area contributed by atoms with E-state index in [2.05, 4.69) is 22.2 Å². The number of aromatic nitrogens is 2. The standard InChI is InChI=1S/C11H17N3O/c1-2-9-3-4-13-11(14-9)7-10-8-12-5-6-15-10/h3-4,10,12H,2,5-8H2,1H3. The van der Waals surface area contributed by atoms with Crippen LogP contribution < -0.4 is 5.32 Å². The fourth-order valence-electron chi connectivity index (χ4n) is 1.69. The van der Waals surface area contributed by atoms with Crippen LogP contribution in [0.2, 0.25) is 0 Å². The van der Waals surface area contributed by atoms with Crippen molar-refractivity contribution in [2.75, 3.05) is 19.7 Å². The molecule has 4 heteroatoms. The molecule has 0 saturated carbocycles. The van der Waals surface area contributed by atoms with Crippen molar-refractivity contribution >= 4 is 0 Å². The predicted octanol–water partition coefficient (Wildman–Crippen LogP) is 0.570. The van der Waals surface area contributed by atoms with Gasteiger partial charge in [-0.2, -0.15) is 0 Å². The lowest BCUT2D eigenvalue weighted by atomic mass is 10.2. The second-order valence-corrected chi connectivity index (χ2v) is 3.72. The van der Waals surface area contributed by atoms with E-state index in [-0.39, 0.29) is 6.10 Å². The Labute approximate surface area is 90.1 Å². The van der Waals surface area contributed by atoms with Gasteiger partial charge in [-0.3, -0.25) is 0 Å². The summed E-state index contributed by atoms with van der Waals surface area (Å²) in [6.07, 6.45) is 3.82. The first-order valence-corrected chi connectivity index (χ1v) is 5.51. The number of rotatable bonds is 3. The first-order valence-electron chi connectivity index (χ1n) is 5.51. The first kappa shape index (κ1) is 10.5. The largest absolute Gasteiger partial charge is 0.375 e. The Kier molecular flexibility index (Phi) is 3.64. The average molecular weight is 207 g/mol. The van der Waals surface area contributed by atoms with Crippen LogP contribution in [0.4, 0.5) is 0 Å². The highest BCUT2D eigenvalue weighted by Gasteiger charge is 2.15. The Balaban J connectivity index is 1.96. The summed E-state index contributed by atoms with van der Waals surface area (Å²) in [6, 6.07) is 1.96. The molecule has 0 aromatic carbocycles. The molecule has 0 spiro atoms. The SMILES string of the molecule is CCc1ccnc(CC2CNCCO2)n1. The lowest BCUT2D eigenvalue weighted by molar-refractivity contribution is 0.0280. The summed E-state index contributed by atoms with van der Waals surface area (Å²) in [7, 11) is 0. The summed E-state index contributed by atoms with van der Waals surface area (Å²) in [5.74, 6) is 0.892. The average Bonchev–Trinajstić information content (AvgIpc) is 2.31. The van der Waals surface area contributed by atoms with Crippen LogP contribution in [-0.2, 0) is 17.6 Å². The molecule has 1 fully saturated rings. The number of hydrogen-bond donors (Lipinski definition) is 1. The van der Waals surface area contributed by atoms with Gasteiger partial charge in [-0.15, -0.1) is 0 Å². The molecule has 4 nitrogen and oxygen atoms in total. The van der Waals surface area contributed by atoms with Crippen molar-refractivity contribution in [2.45, 2.75) is 25.9 Å². The van der Waals surface area contributed by atoms with E-state index in [1.807, 2.05) is 12.3 Å². The van der Waals surface area contributed by atoms with E-state index in [4.69, 9.17) is 4.74 Å². The van der Waals surface area contributed by atoms with Crippen molar-refractivity contribution < 1.29 is 4.74 Å². The van der Waals surface area contributed by atoms with E-state index in [0.717, 1.165) is 44.1 Å². The smallest absolute Gasteiger partial charge is 0.131 e. The fraction of sp³-hybridized carbons (Fsp3) is 0.636. The molecule has 1 saturated heterocycles. The summed E-state index contributed by atoms with van der Waals surface area (Å²) >= 11 is 0. The zero-order chi connectivity index (χ0) is 10.5. The van der Waals surface area contributed by atoms with Gasteiger partial charge in [-0.1, -0.05) is 6.92 Å². The van der Waals surface area contributed by atoms with Gasteiger partial charge in [0.25, 0.3) is 0 Å². The molecule has 1 aliphatic rings. The normalized spacial score (nSPS) is 21.5. The molecular weight excluding hydrogens is 190 g/mol. The molecule has 0 bridgehead atoms. The van der Waals surface area contributed by atoms with Crippen LogP contribution in [0.15, 0.2) is 12.3 Å². The minimum Gasteiger partial charge on any atom is -0.375 e. The van der Waals surface area contributed by atoms with E-state index in [9.17, 15) is 0 Å². The highest BCUT2D eigenvalue weighted by atomic mass is 16.5. The molecule has 1 aromatic rings. The molecule has 1 aliphatic heterocycles. The Hall–Kier alpha value is -1.00. The number of aryl methyl sites for hydroxylation is 1. The van der Waals surface area contributed by atoms with Gasteiger partial charge in [0.2, 0.25) is 0 Å². The molecule has 1 N–H and O–H groups in total. The predicted molar refractivity (Wildman–Crippen MR) is 57.7 cm³/mol. The summed E-state index contributed by atoms with van der Waals surface area (Å²) in [5, 5.41) is 3.30. The number of nitrogens with zero attached hydrogens (tertiary/aromatic N) is 2. The topological polar surface area (TPSA) is 47.0 Å². The van der Waals surface area contributed by atoms with Crippen LogP contribution in [-0.4, -0.2) is 35.8 Å². The summed E-state index contributed by atoms with van der Waals surface area (Å²) < 4.78 is 5.61. The molecule has 1 aromatic heterocycles. The number of nitrogens with one attached hydrogen (secondary N) is 1. The Bertz CT molecular complexity index is 310. The van der Waals surface area contributed by atoms with Crippen molar-refractivity contribution in [2.24, 2.45) is 0 Å². The highest BCUT2D eigenvalue weighted by Crippen LogP contribution is 2.04. The number of hydrogen-bond acceptors (Lipinski definition) is 4. The molecule has 0 amide bonds. The van der Waals surface area contributed by atoms with Gasteiger partial charge in [0.1, 0.15) is 5.82 Å². The second-order valence-electron chi connectivity index (χ2n) is 3.72. The van der Waals surface area contributed by atoms with Crippen molar-refractivity contribution in [1.29, 1.82) is 0 Å². The molecule has 82 valence electrons. The van der Waals surface area contributed by atoms with Gasteiger partial charge in [0.15, 0.2) is 0 Å². The minimum absolute atomic E-state index is 0.228. The maximum Gasteiger partial charge on any atom is 0.131 e. The lowest BCUT2D eigenvalue weighted by Gasteiger charge is -2.22. The molecule has 0 aliphatic carbocycles. The lowest BCUT2D eigenvalue weighted by Crippen LogP contribution is -2.39. The van der Waals surface area contributed by atoms with Gasteiger partial charge in [-0.25, -0.2) is 9.97 Å². The van der Waals surface area contributed by atoms with Gasteiger partial charge < -0.3 is 10.1 Å². The van der Waals surface area contributed by atoms with Crippen LogP contribution in [0, 0.1) is 0 Å². The molecular formula is C11H17N3O. The third-order valence-corrected chi connectivity index (χ3v) is 2.54. The van der Waals surface area contributed by atoms with E-state index in [1.165, 1.54) is 0 Å². The quantitative estimate of drug-likeness (QED) is 0.787. The number of morpholine rings is 1. The molecule has 15 heavy (non-hydrogen) atoms. The summed E-state index contributed by atoms with van der Waals surface area (Å²) in [4.78, 5) is 8.73. The van der Waals surface area contributed by atoms with Crippen LogP contribution in [0.25, 0.3) is 0 Å². The molecule has 1 atom stereocenters. The Morgan fingerprint density at radius 3 is 3.27 bits per heavy atom. The minimum atomic E-state index is 0.228. The van der Waals surface area contributed by atoms with E-state index >= 15 is 0 Å². The zero-order valence-electron chi connectivity index (χ0n) is 9.07. The Morgan fingerprint density at radius 1 is 1.60 bits per heavy atom. The fourth-order valence-corrected chi connectivity index (χ4v) is 1.69. The number of ether oxygens (including phenoxy) is 1. The maximum atomic E-state index is 5.61. The second kappa shape index (κ2) is 5.19. The van der Waals surface area contributed by atoms with Crippen LogP contribution in [0.5, 0.6) is 0 Å². The summed E-state index contributed by atoms with van der Waals surface area (Å²) in [5.41, 5.74) is 1.10. The van der Waals surface area contributed by atoms with Gasteiger partial charge in [0, 0.05) is 31.4 Å². The van der Waals surface area contributed by atoms with Crippen molar-refractivity contribution in [3.63, 3.8) is 0 Å². The summed E-state index contributed by atoms with van der Waals surface area (Å²) in [6.45, 7) is 4.75. The van der Waals surface area contributed by atoms with E-state index in [0.29, 0.717) is 0 Å². The van der Waals surface area contributed by atoms with E-state index < -0.39 is 0 Å². The molecule has 1 unspecified atom stereocenters. The first-order chi connectivity index (χ1) is 7.38. The van der Waals surface area contributed by atoms with Crippen LogP contribution in [0.3, 0.4) is 0 Å². The highest BCUT2D eigenvalue weighted by molar-refractivity contribution is 5.03. The Morgan fingerprint density at radius 2 is 2.53 bits per heavy atom. The van der Waals surface area contributed by atoms with Crippen molar-refractivity contribution in [3.05, 3.63) is 23.8 Å². The van der Waals surface area contributed by atoms with Crippen molar-refractivity contribution in [3.8, 4) is 0 Å². The van der Waals surface area contributed by atoms with Gasteiger partial charge >= 0.3 is 0 Å². The third-order valence-electron chi connectivity index (χ3n) is 2.54. The van der Waals surface area contributed by atoms with Crippen LogP contribution in [0.1, 0.15) is 18.4 Å². The monoisotopic (exact) mass is 207 g/mol. The molecule has 2 rings (SSSR count). The molecule has 0 radical (unpaired) electrons. The zero-order valence-corrected chi connectivity index (χ0v) is 9.07. The van der Waals surface area contributed by atoms with Gasteiger partial charge in [-0.05, 0) is 12.5 Å². The maximum absolute atomic E-state index is 5.61. The third kappa shape index (κ3) is 2.97. The van der Waals surface area contributed by atoms with Gasteiger partial charge in [0.05, 0.1) is 12.7 Å². The van der Waals surface area contributed by atoms with Crippen LogP contribution >= 0.6 is 0 Å².